The highest BCUT2D eigenvalue weighted by atomic mass is 16.6. The van der Waals surface area contributed by atoms with Gasteiger partial charge in [0.1, 0.15) is 0 Å². The summed E-state index contributed by atoms with van der Waals surface area (Å²) in [5, 5.41) is 38.3. The van der Waals surface area contributed by atoms with Crippen LogP contribution in [0.3, 0.4) is 0 Å². The molecule has 200 valence electrons. The van der Waals surface area contributed by atoms with Gasteiger partial charge in [0.25, 0.3) is 11.4 Å². The van der Waals surface area contributed by atoms with Gasteiger partial charge in [-0.1, -0.05) is 0 Å². The fourth-order valence-corrected chi connectivity index (χ4v) is 4.20. The highest BCUT2D eigenvalue weighted by molar-refractivity contribution is 5.57. The third kappa shape index (κ3) is 6.48. The lowest BCUT2D eigenvalue weighted by atomic mass is 10.2. The molecule has 0 atom stereocenters. The molecule has 1 aliphatic rings. The number of anilines is 2. The molecule has 1 saturated heterocycles. The summed E-state index contributed by atoms with van der Waals surface area (Å²) in [4.78, 5) is 25.3. The molecule has 0 radical (unpaired) electrons. The Bertz CT molecular complexity index is 1410. The minimum atomic E-state index is -0.448. The van der Waals surface area contributed by atoms with Crippen LogP contribution in [0.1, 0.15) is 0 Å². The topological polar surface area (TPSA) is 142 Å². The van der Waals surface area contributed by atoms with Gasteiger partial charge in [0.15, 0.2) is 0 Å². The van der Waals surface area contributed by atoms with Crippen molar-refractivity contribution in [2.75, 3.05) is 36.0 Å². The third-order valence-electron chi connectivity index (χ3n) is 6.39. The molecular weight excluding hydrogens is 512 g/mol. The Kier molecular flexibility index (Phi) is 7.77. The van der Waals surface area contributed by atoms with Gasteiger partial charge in [-0.25, -0.2) is 0 Å². The van der Waals surface area contributed by atoms with Gasteiger partial charge in [-0.2, -0.15) is 20.5 Å². The van der Waals surface area contributed by atoms with Crippen LogP contribution in [-0.2, 0) is 0 Å². The summed E-state index contributed by atoms with van der Waals surface area (Å²) in [5.41, 5.74) is 4.75. The SMILES string of the molecule is O=[N+]([O-])c1ccc(N=Nc2ccc(N3CCN(c4ccc(N=Nc5ccc([N+](=O)[O-])cc5)cc4)CC3)cc2)cc1. The van der Waals surface area contributed by atoms with E-state index in [1.807, 2.05) is 48.5 Å². The van der Waals surface area contributed by atoms with Crippen molar-refractivity contribution in [3.05, 3.63) is 117 Å². The predicted octanol–water partition coefficient (Wildman–Crippen LogP) is 7.66. The number of rotatable bonds is 8. The maximum Gasteiger partial charge on any atom is 0.269 e. The zero-order chi connectivity index (χ0) is 27.9. The number of piperazine rings is 1. The summed E-state index contributed by atoms with van der Waals surface area (Å²) in [5.74, 6) is 0. The van der Waals surface area contributed by atoms with Crippen LogP contribution in [0, 0.1) is 20.2 Å². The van der Waals surface area contributed by atoms with E-state index >= 15 is 0 Å². The summed E-state index contributed by atoms with van der Waals surface area (Å²) in [7, 11) is 0. The molecule has 0 spiro atoms. The lowest BCUT2D eigenvalue weighted by molar-refractivity contribution is -0.385. The van der Waals surface area contributed by atoms with E-state index in [0.717, 1.165) is 37.6 Å². The first kappa shape index (κ1) is 26.1. The van der Waals surface area contributed by atoms with Crippen LogP contribution in [0.5, 0.6) is 0 Å². The second-order valence-corrected chi connectivity index (χ2v) is 8.95. The smallest absolute Gasteiger partial charge is 0.269 e. The Morgan fingerprint density at radius 1 is 0.450 bits per heavy atom. The maximum atomic E-state index is 10.8. The van der Waals surface area contributed by atoms with Crippen molar-refractivity contribution in [1.29, 1.82) is 0 Å². The molecule has 12 nitrogen and oxygen atoms in total. The predicted molar refractivity (Wildman–Crippen MR) is 152 cm³/mol. The van der Waals surface area contributed by atoms with E-state index in [4.69, 9.17) is 0 Å². The fourth-order valence-electron chi connectivity index (χ4n) is 4.20. The summed E-state index contributed by atoms with van der Waals surface area (Å²) in [6.45, 7) is 3.47. The monoisotopic (exact) mass is 536 g/mol. The van der Waals surface area contributed by atoms with E-state index < -0.39 is 9.85 Å². The lowest BCUT2D eigenvalue weighted by Crippen LogP contribution is -2.46. The molecule has 0 aromatic heterocycles. The van der Waals surface area contributed by atoms with Crippen LogP contribution >= 0.6 is 0 Å². The van der Waals surface area contributed by atoms with Gasteiger partial charge in [0, 0.05) is 61.8 Å². The minimum Gasteiger partial charge on any atom is -0.368 e. The maximum absolute atomic E-state index is 10.8. The quantitative estimate of drug-likeness (QED) is 0.128. The van der Waals surface area contributed by atoms with E-state index in [1.165, 1.54) is 24.3 Å². The van der Waals surface area contributed by atoms with Crippen LogP contribution in [0.25, 0.3) is 0 Å². The minimum absolute atomic E-state index is 0.0173. The van der Waals surface area contributed by atoms with Gasteiger partial charge in [0.2, 0.25) is 0 Å². The average molecular weight is 537 g/mol. The standard InChI is InChI=1S/C28H24N8O4/c37-35(38)27-13-5-23(6-14-27)31-29-21-1-9-25(10-2-21)33-17-19-34(20-18-33)26-11-3-22(4-12-26)30-32-24-7-15-28(16-8-24)36(39)40/h1-16H,17-20H2. The van der Waals surface area contributed by atoms with Crippen LogP contribution < -0.4 is 9.80 Å². The normalized spacial score (nSPS) is 13.7. The van der Waals surface area contributed by atoms with Crippen molar-refractivity contribution < 1.29 is 9.85 Å². The van der Waals surface area contributed by atoms with Gasteiger partial charge in [-0.15, -0.1) is 0 Å². The highest BCUT2D eigenvalue weighted by Crippen LogP contribution is 2.27. The third-order valence-corrected chi connectivity index (χ3v) is 6.39. The number of non-ortho nitro benzene ring substituents is 2. The largest absolute Gasteiger partial charge is 0.368 e. The summed E-state index contributed by atoms with van der Waals surface area (Å²) >= 11 is 0. The number of nitrogens with zero attached hydrogens (tertiary/aromatic N) is 8. The fraction of sp³-hybridized carbons (Fsp3) is 0.143. The van der Waals surface area contributed by atoms with E-state index in [0.29, 0.717) is 22.7 Å². The number of hydrogen-bond donors (Lipinski definition) is 0. The number of azo groups is 2. The molecule has 1 fully saturated rings. The average Bonchev–Trinajstić information content (AvgIpc) is 3.00. The van der Waals surface area contributed by atoms with Crippen molar-refractivity contribution in [3.8, 4) is 0 Å². The van der Waals surface area contributed by atoms with Crippen molar-refractivity contribution in [2.24, 2.45) is 20.5 Å². The molecule has 0 amide bonds. The molecule has 4 aromatic rings. The van der Waals surface area contributed by atoms with E-state index in [9.17, 15) is 20.2 Å². The molecule has 0 bridgehead atoms. The van der Waals surface area contributed by atoms with E-state index in [2.05, 4.69) is 30.3 Å². The first-order valence-electron chi connectivity index (χ1n) is 12.5. The molecule has 40 heavy (non-hydrogen) atoms. The Morgan fingerprint density at radius 2 is 0.700 bits per heavy atom. The Labute approximate surface area is 229 Å². The molecule has 1 aliphatic heterocycles. The molecule has 0 saturated carbocycles. The summed E-state index contributed by atoms with van der Waals surface area (Å²) in [6, 6.07) is 27.6. The molecule has 0 aliphatic carbocycles. The van der Waals surface area contributed by atoms with Gasteiger partial charge >= 0.3 is 0 Å². The van der Waals surface area contributed by atoms with Crippen LogP contribution in [-0.4, -0.2) is 36.0 Å². The lowest BCUT2D eigenvalue weighted by Gasteiger charge is -2.37. The molecule has 12 heteroatoms. The zero-order valence-electron chi connectivity index (χ0n) is 21.3. The van der Waals surface area contributed by atoms with Gasteiger partial charge in [-0.3, -0.25) is 20.2 Å². The molecular formula is C28H24N8O4. The molecule has 5 rings (SSSR count). The van der Waals surface area contributed by atoms with Gasteiger partial charge in [-0.05, 0) is 72.8 Å². The molecule has 0 unspecified atom stereocenters. The van der Waals surface area contributed by atoms with E-state index in [1.54, 1.807) is 24.3 Å². The Morgan fingerprint density at radius 3 is 0.950 bits per heavy atom. The first-order valence-corrected chi connectivity index (χ1v) is 12.5. The summed E-state index contributed by atoms with van der Waals surface area (Å²) in [6.07, 6.45) is 0. The molecule has 1 heterocycles. The second-order valence-electron chi connectivity index (χ2n) is 8.95. The van der Waals surface area contributed by atoms with Gasteiger partial charge < -0.3 is 9.80 Å². The van der Waals surface area contributed by atoms with Crippen LogP contribution in [0.15, 0.2) is 118 Å². The van der Waals surface area contributed by atoms with Crippen molar-refractivity contribution in [1.82, 2.24) is 0 Å². The van der Waals surface area contributed by atoms with Gasteiger partial charge in [0.05, 0.1) is 32.6 Å². The Hall–Kier alpha value is -5.52. The first-order chi connectivity index (χ1) is 19.4. The zero-order valence-corrected chi connectivity index (χ0v) is 21.3. The van der Waals surface area contributed by atoms with Crippen molar-refractivity contribution in [3.63, 3.8) is 0 Å². The van der Waals surface area contributed by atoms with Crippen LogP contribution in [0.4, 0.5) is 45.5 Å². The number of nitro benzene ring substituents is 2. The van der Waals surface area contributed by atoms with Crippen LogP contribution in [0.2, 0.25) is 0 Å². The highest BCUT2D eigenvalue weighted by Gasteiger charge is 2.17. The number of benzene rings is 4. The van der Waals surface area contributed by atoms with Crippen molar-refractivity contribution >= 4 is 45.5 Å². The molecule has 0 N–H and O–H groups in total. The number of hydrogen-bond acceptors (Lipinski definition) is 10. The van der Waals surface area contributed by atoms with E-state index in [-0.39, 0.29) is 11.4 Å². The van der Waals surface area contributed by atoms with Crippen molar-refractivity contribution in [2.45, 2.75) is 0 Å². The Balaban J connectivity index is 1.12. The summed E-state index contributed by atoms with van der Waals surface area (Å²) < 4.78 is 0. The number of nitro groups is 2. The molecule has 4 aromatic carbocycles. The second kappa shape index (κ2) is 11.9.